The first-order chi connectivity index (χ1) is 15.7. The Morgan fingerprint density at radius 3 is 2.73 bits per heavy atom. The number of anilines is 1. The molecule has 1 aliphatic heterocycles. The number of halogens is 3. The number of hydrogen-bond donors (Lipinski definition) is 1. The lowest BCUT2D eigenvalue weighted by Gasteiger charge is -2.33. The number of nitrogens with zero attached hydrogens (tertiary/aromatic N) is 3. The minimum Gasteiger partial charge on any atom is -0.337 e. The molecule has 1 aliphatic rings. The molecule has 9 heteroatoms. The molecule has 6 nitrogen and oxygen atoms in total. The second-order valence-electron chi connectivity index (χ2n) is 8.06. The Labute approximate surface area is 192 Å². The molecule has 1 N–H and O–H groups in total. The Hall–Kier alpha value is -3.10. The molecule has 0 bridgehead atoms. The van der Waals surface area contributed by atoms with Crippen molar-refractivity contribution in [3.8, 4) is 0 Å². The van der Waals surface area contributed by atoms with Crippen molar-refractivity contribution in [1.82, 2.24) is 14.3 Å². The third-order valence-electron chi connectivity index (χ3n) is 5.46. The van der Waals surface area contributed by atoms with E-state index >= 15 is 0 Å². The van der Waals surface area contributed by atoms with Crippen molar-refractivity contribution >= 4 is 23.3 Å². The third-order valence-corrected chi connectivity index (χ3v) is 5.46. The molecule has 3 heterocycles. The van der Waals surface area contributed by atoms with Crippen LogP contribution in [0.5, 0.6) is 0 Å². The highest BCUT2D eigenvalue weighted by Gasteiger charge is 2.43. The van der Waals surface area contributed by atoms with Crippen LogP contribution in [0, 0.1) is 11.8 Å². The predicted molar refractivity (Wildman–Crippen MR) is 123 cm³/mol. The van der Waals surface area contributed by atoms with Crippen LogP contribution in [-0.4, -0.2) is 45.4 Å². The average Bonchev–Trinajstić information content (AvgIpc) is 3.23. The molecule has 2 atom stereocenters. The van der Waals surface area contributed by atoms with E-state index < -0.39 is 18.0 Å². The first-order valence-electron chi connectivity index (χ1n) is 10.9. The van der Waals surface area contributed by atoms with Crippen LogP contribution >= 0.6 is 0 Å². The van der Waals surface area contributed by atoms with Crippen LogP contribution in [0.2, 0.25) is 0 Å². The van der Waals surface area contributed by atoms with Gasteiger partial charge in [0.15, 0.2) is 0 Å². The van der Waals surface area contributed by atoms with Gasteiger partial charge in [-0.1, -0.05) is 25.1 Å². The van der Waals surface area contributed by atoms with Crippen molar-refractivity contribution in [3.63, 3.8) is 0 Å². The normalized spacial score (nSPS) is 17.5. The van der Waals surface area contributed by atoms with Crippen LogP contribution in [-0.2, 0) is 4.79 Å². The van der Waals surface area contributed by atoms with Gasteiger partial charge in [-0.3, -0.25) is 14.0 Å². The van der Waals surface area contributed by atoms with Crippen LogP contribution < -0.4 is 5.32 Å². The van der Waals surface area contributed by atoms with Crippen molar-refractivity contribution in [3.05, 3.63) is 55.4 Å². The topological polar surface area (TPSA) is 66.7 Å². The minimum absolute atomic E-state index is 0.0289. The van der Waals surface area contributed by atoms with Crippen LogP contribution in [0.25, 0.3) is 5.65 Å². The number of carbonyl (C=O) groups is 2. The molecular formula is C24H31F3N4O2. The molecule has 0 aromatic carbocycles. The molecular weight excluding hydrogens is 433 g/mol. The maximum absolute atomic E-state index is 13.1. The highest BCUT2D eigenvalue weighted by Crippen LogP contribution is 2.33. The minimum atomic E-state index is -4.32. The number of likely N-dealkylation sites (tertiary alicyclic amines) is 1. The van der Waals surface area contributed by atoms with Crippen molar-refractivity contribution in [1.29, 1.82) is 0 Å². The summed E-state index contributed by atoms with van der Waals surface area (Å²) < 4.78 is 40.8. The quantitative estimate of drug-likeness (QED) is 0.576. The van der Waals surface area contributed by atoms with Gasteiger partial charge >= 0.3 is 6.18 Å². The lowest BCUT2D eigenvalue weighted by molar-refractivity contribution is -0.184. The number of pyridine rings is 1. The zero-order valence-corrected chi connectivity index (χ0v) is 19.1. The second-order valence-corrected chi connectivity index (χ2v) is 8.06. The molecule has 0 saturated carbocycles. The third kappa shape index (κ3) is 6.94. The van der Waals surface area contributed by atoms with Gasteiger partial charge in [0.1, 0.15) is 17.2 Å². The summed E-state index contributed by atoms with van der Waals surface area (Å²) in [6, 6.07) is 5.07. The van der Waals surface area contributed by atoms with E-state index in [-0.39, 0.29) is 37.0 Å². The molecule has 0 spiro atoms. The molecule has 2 aromatic heterocycles. The zero-order valence-electron chi connectivity index (χ0n) is 19.1. The summed E-state index contributed by atoms with van der Waals surface area (Å²) in [5, 5.41) is 2.84. The van der Waals surface area contributed by atoms with E-state index in [4.69, 9.17) is 0 Å². The Morgan fingerprint density at radius 2 is 2.06 bits per heavy atom. The summed E-state index contributed by atoms with van der Waals surface area (Å²) in [5.41, 5.74) is 0.499. The molecule has 1 fully saturated rings. The number of nitrogens with one attached hydrogen (secondary N) is 1. The van der Waals surface area contributed by atoms with Gasteiger partial charge in [0, 0.05) is 25.7 Å². The molecule has 3 rings (SSSR count). The summed E-state index contributed by atoms with van der Waals surface area (Å²) in [6.45, 7) is 9.83. The summed E-state index contributed by atoms with van der Waals surface area (Å²) in [5.74, 6) is -1.57. The van der Waals surface area contributed by atoms with E-state index in [1.54, 1.807) is 22.6 Å². The summed E-state index contributed by atoms with van der Waals surface area (Å²) in [4.78, 5) is 30.7. The van der Waals surface area contributed by atoms with Gasteiger partial charge in [-0.2, -0.15) is 13.2 Å². The number of fused-ring (bicyclic) bond motifs is 1. The number of aromatic nitrogens is 2. The standard InChI is InChI=1S/C22H27F3N4O2.C2H4/c1-3-4-7-15(2)12-20(30)27-19-10-5-9-18-26-17(14-29(18)19)21(31)28-11-6-8-16(13-28)22(23,24)25;1-2/h3-5,9-10,14-16H,6-8,11-13H2,1-2H3,(H,27,30);1-2H2/b4-3-;. The molecule has 33 heavy (non-hydrogen) atoms. The fraction of sp³-hybridized carbons (Fsp3) is 0.458. The van der Waals surface area contributed by atoms with E-state index in [0.717, 1.165) is 6.42 Å². The smallest absolute Gasteiger partial charge is 0.337 e. The van der Waals surface area contributed by atoms with Crippen molar-refractivity contribution in [2.75, 3.05) is 18.4 Å². The van der Waals surface area contributed by atoms with E-state index in [9.17, 15) is 22.8 Å². The van der Waals surface area contributed by atoms with Crippen molar-refractivity contribution in [2.24, 2.45) is 11.8 Å². The van der Waals surface area contributed by atoms with E-state index in [0.29, 0.717) is 24.3 Å². The molecule has 1 saturated heterocycles. The van der Waals surface area contributed by atoms with Crippen LogP contribution in [0.3, 0.4) is 0 Å². The highest BCUT2D eigenvalue weighted by atomic mass is 19.4. The number of hydrogen-bond acceptors (Lipinski definition) is 3. The summed E-state index contributed by atoms with van der Waals surface area (Å²) >= 11 is 0. The SMILES string of the molecule is C/C=C\CC(C)CC(=O)Nc1cccc2nc(C(=O)N3CCCC(C(F)(F)F)C3)cn12.C=C. The molecule has 0 aliphatic carbocycles. The number of rotatable bonds is 6. The van der Waals surface area contributed by atoms with E-state index in [1.807, 2.05) is 26.0 Å². The zero-order chi connectivity index (χ0) is 24.6. The van der Waals surface area contributed by atoms with Gasteiger partial charge in [0.25, 0.3) is 5.91 Å². The Bertz CT molecular complexity index is 984. The number of allylic oxidation sites excluding steroid dienone is 2. The molecule has 180 valence electrons. The first kappa shape index (κ1) is 26.2. The maximum Gasteiger partial charge on any atom is 0.393 e. The van der Waals surface area contributed by atoms with Crippen LogP contribution in [0.4, 0.5) is 19.0 Å². The average molecular weight is 465 g/mol. The van der Waals surface area contributed by atoms with Gasteiger partial charge in [-0.15, -0.1) is 13.2 Å². The number of amides is 2. The van der Waals surface area contributed by atoms with Crippen LogP contribution in [0.1, 0.15) is 50.0 Å². The fourth-order valence-corrected chi connectivity index (χ4v) is 3.77. The van der Waals surface area contributed by atoms with E-state index in [2.05, 4.69) is 23.5 Å². The van der Waals surface area contributed by atoms with Gasteiger partial charge in [0.2, 0.25) is 5.91 Å². The Morgan fingerprint density at radius 1 is 1.33 bits per heavy atom. The summed E-state index contributed by atoms with van der Waals surface area (Å²) in [7, 11) is 0. The lowest BCUT2D eigenvalue weighted by atomic mass is 9.97. The fourth-order valence-electron chi connectivity index (χ4n) is 3.77. The van der Waals surface area contributed by atoms with Crippen molar-refractivity contribution < 1.29 is 22.8 Å². The lowest BCUT2D eigenvalue weighted by Crippen LogP contribution is -2.44. The number of piperidine rings is 1. The molecule has 2 unspecified atom stereocenters. The maximum atomic E-state index is 13.1. The molecule has 2 amide bonds. The highest BCUT2D eigenvalue weighted by molar-refractivity contribution is 5.94. The van der Waals surface area contributed by atoms with Gasteiger partial charge in [-0.05, 0) is 44.2 Å². The number of alkyl halides is 3. The van der Waals surface area contributed by atoms with E-state index in [1.165, 1.54) is 11.1 Å². The Balaban J connectivity index is 0.00000187. The number of carbonyl (C=O) groups excluding carboxylic acids is 2. The summed E-state index contributed by atoms with van der Waals surface area (Å²) in [6.07, 6.45) is 2.57. The van der Waals surface area contributed by atoms with Gasteiger partial charge in [-0.25, -0.2) is 4.98 Å². The van der Waals surface area contributed by atoms with Gasteiger partial charge in [0.05, 0.1) is 5.92 Å². The monoisotopic (exact) mass is 464 g/mol. The first-order valence-corrected chi connectivity index (χ1v) is 10.9. The Kier molecular flexibility index (Phi) is 9.25. The second kappa shape index (κ2) is 11.7. The molecule has 2 aromatic rings. The molecule has 0 radical (unpaired) electrons. The van der Waals surface area contributed by atoms with Crippen molar-refractivity contribution in [2.45, 2.75) is 45.7 Å². The predicted octanol–water partition coefficient (Wildman–Crippen LogP) is 5.48. The van der Waals surface area contributed by atoms with Gasteiger partial charge < -0.3 is 10.2 Å². The van der Waals surface area contributed by atoms with Crippen LogP contribution in [0.15, 0.2) is 49.7 Å². The largest absolute Gasteiger partial charge is 0.393 e. The number of imidazole rings is 1.